The summed E-state index contributed by atoms with van der Waals surface area (Å²) in [5.74, 6) is -0.864. The highest BCUT2D eigenvalue weighted by molar-refractivity contribution is 6.30. The van der Waals surface area contributed by atoms with Gasteiger partial charge in [-0.15, -0.1) is 0 Å². The zero-order valence-electron chi connectivity index (χ0n) is 17.1. The van der Waals surface area contributed by atoms with Crippen LogP contribution >= 0.6 is 11.6 Å². The van der Waals surface area contributed by atoms with E-state index in [9.17, 15) is 13.6 Å². The topological polar surface area (TPSA) is 45.1 Å². The molecule has 4 rings (SSSR count). The Bertz CT molecular complexity index is 950. The second kappa shape index (κ2) is 9.64. The fourth-order valence-corrected chi connectivity index (χ4v) is 4.04. The van der Waals surface area contributed by atoms with Gasteiger partial charge in [0.1, 0.15) is 17.7 Å². The first-order chi connectivity index (χ1) is 15.0. The number of nitrogens with zero attached hydrogens (tertiary/aromatic N) is 3. The van der Waals surface area contributed by atoms with Crippen LogP contribution in [-0.4, -0.2) is 48.8 Å². The lowest BCUT2D eigenvalue weighted by Gasteiger charge is -2.32. The number of rotatable bonds is 4. The first-order valence-corrected chi connectivity index (χ1v) is 10.8. The number of oxime groups is 1. The standard InChI is InChI=1S/C23H24ClF2N3O2/c24-17-3-1-16(2-4-17)23(30)29-13-9-20(10-14-29)31-27-19-7-11-28(12-8-19)22-15-18(25)5-6-21(22)26/h1-6,15,20H,7-14H2. The Morgan fingerprint density at radius 1 is 1.00 bits per heavy atom. The van der Waals surface area contributed by atoms with Crippen LogP contribution in [0.3, 0.4) is 0 Å². The van der Waals surface area contributed by atoms with Crippen molar-refractivity contribution in [2.24, 2.45) is 5.16 Å². The van der Waals surface area contributed by atoms with Crippen molar-refractivity contribution >= 4 is 28.9 Å². The van der Waals surface area contributed by atoms with Crippen LogP contribution in [0.15, 0.2) is 47.6 Å². The van der Waals surface area contributed by atoms with Gasteiger partial charge in [-0.05, 0) is 36.4 Å². The number of likely N-dealkylation sites (tertiary alicyclic amines) is 1. The summed E-state index contributed by atoms with van der Waals surface area (Å²) in [7, 11) is 0. The van der Waals surface area contributed by atoms with Gasteiger partial charge in [-0.2, -0.15) is 0 Å². The van der Waals surface area contributed by atoms with Crippen LogP contribution in [0.2, 0.25) is 5.02 Å². The van der Waals surface area contributed by atoms with Gasteiger partial charge in [-0.1, -0.05) is 16.8 Å². The number of anilines is 1. The van der Waals surface area contributed by atoms with Gasteiger partial charge in [-0.25, -0.2) is 8.78 Å². The van der Waals surface area contributed by atoms with E-state index in [0.717, 1.165) is 30.7 Å². The van der Waals surface area contributed by atoms with Crippen LogP contribution in [0.25, 0.3) is 0 Å². The number of amides is 1. The minimum absolute atomic E-state index is 0.00150. The Labute approximate surface area is 185 Å². The minimum Gasteiger partial charge on any atom is -0.392 e. The molecular formula is C23H24ClF2N3O2. The second-order valence-corrected chi connectivity index (χ2v) is 8.28. The Morgan fingerprint density at radius 2 is 1.68 bits per heavy atom. The molecule has 1 amide bonds. The highest BCUT2D eigenvalue weighted by atomic mass is 35.5. The van der Waals surface area contributed by atoms with E-state index in [0.29, 0.717) is 49.6 Å². The lowest BCUT2D eigenvalue weighted by molar-refractivity contribution is 0.0110. The molecule has 164 valence electrons. The summed E-state index contributed by atoms with van der Waals surface area (Å²) in [6, 6.07) is 10.4. The maximum atomic E-state index is 14.0. The van der Waals surface area contributed by atoms with Crippen molar-refractivity contribution in [1.29, 1.82) is 0 Å². The molecule has 0 N–H and O–H groups in total. The zero-order chi connectivity index (χ0) is 21.8. The summed E-state index contributed by atoms with van der Waals surface area (Å²) in [4.78, 5) is 22.0. The third-order valence-corrected chi connectivity index (χ3v) is 5.99. The molecule has 0 radical (unpaired) electrons. The molecule has 2 heterocycles. The third-order valence-electron chi connectivity index (χ3n) is 5.74. The molecule has 0 saturated carbocycles. The van der Waals surface area contributed by atoms with Gasteiger partial charge in [0.05, 0.1) is 11.4 Å². The van der Waals surface area contributed by atoms with E-state index < -0.39 is 11.6 Å². The van der Waals surface area contributed by atoms with Crippen molar-refractivity contribution < 1.29 is 18.4 Å². The van der Waals surface area contributed by atoms with Crippen molar-refractivity contribution in [3.8, 4) is 0 Å². The van der Waals surface area contributed by atoms with Crippen molar-refractivity contribution in [2.75, 3.05) is 31.1 Å². The normalized spacial score (nSPS) is 17.6. The molecule has 5 nitrogen and oxygen atoms in total. The SMILES string of the molecule is O=C(c1ccc(Cl)cc1)N1CCC(ON=C2CCN(c3cc(F)ccc3F)CC2)CC1. The van der Waals surface area contributed by atoms with E-state index in [-0.39, 0.29) is 17.7 Å². The van der Waals surface area contributed by atoms with Crippen molar-refractivity contribution in [2.45, 2.75) is 31.8 Å². The summed E-state index contributed by atoms with van der Waals surface area (Å²) < 4.78 is 27.4. The fourth-order valence-electron chi connectivity index (χ4n) is 3.91. The monoisotopic (exact) mass is 447 g/mol. The second-order valence-electron chi connectivity index (χ2n) is 7.84. The zero-order valence-corrected chi connectivity index (χ0v) is 17.8. The largest absolute Gasteiger partial charge is 0.392 e. The molecule has 0 aliphatic carbocycles. The number of hydrogen-bond donors (Lipinski definition) is 0. The van der Waals surface area contributed by atoms with Crippen LogP contribution in [0.1, 0.15) is 36.0 Å². The lowest BCUT2D eigenvalue weighted by atomic mass is 10.1. The van der Waals surface area contributed by atoms with Gasteiger partial charge < -0.3 is 14.6 Å². The summed E-state index contributed by atoms with van der Waals surface area (Å²) in [5, 5.41) is 4.92. The predicted molar refractivity (Wildman–Crippen MR) is 117 cm³/mol. The molecular weight excluding hydrogens is 424 g/mol. The van der Waals surface area contributed by atoms with Crippen LogP contribution in [0.4, 0.5) is 14.5 Å². The highest BCUT2D eigenvalue weighted by Gasteiger charge is 2.25. The maximum Gasteiger partial charge on any atom is 0.253 e. The van der Waals surface area contributed by atoms with Crippen molar-refractivity contribution in [1.82, 2.24) is 4.90 Å². The summed E-state index contributed by atoms with van der Waals surface area (Å²) in [5.41, 5.74) is 1.84. The molecule has 0 aromatic heterocycles. The number of carbonyl (C=O) groups excluding carboxylic acids is 1. The third kappa shape index (κ3) is 5.34. The Hall–Kier alpha value is -2.67. The molecule has 2 aromatic rings. The first kappa shape index (κ1) is 21.6. The number of halogens is 3. The van der Waals surface area contributed by atoms with Gasteiger partial charge in [0.2, 0.25) is 0 Å². The number of carbonyl (C=O) groups is 1. The van der Waals surface area contributed by atoms with Gasteiger partial charge in [0, 0.05) is 68.5 Å². The van der Waals surface area contributed by atoms with E-state index >= 15 is 0 Å². The minimum atomic E-state index is -0.444. The van der Waals surface area contributed by atoms with Gasteiger partial charge in [-0.3, -0.25) is 4.79 Å². The average molecular weight is 448 g/mol. The molecule has 2 saturated heterocycles. The van der Waals surface area contributed by atoms with E-state index in [1.54, 1.807) is 24.3 Å². The summed E-state index contributed by atoms with van der Waals surface area (Å²) in [6.45, 7) is 2.36. The maximum absolute atomic E-state index is 14.0. The van der Waals surface area contributed by atoms with Crippen LogP contribution < -0.4 is 4.90 Å². The molecule has 2 aliphatic rings. The van der Waals surface area contributed by atoms with Crippen LogP contribution in [0, 0.1) is 11.6 Å². The molecule has 31 heavy (non-hydrogen) atoms. The molecule has 8 heteroatoms. The first-order valence-electron chi connectivity index (χ1n) is 10.5. The molecule has 2 aliphatic heterocycles. The molecule has 0 atom stereocenters. The van der Waals surface area contributed by atoms with Gasteiger partial charge >= 0.3 is 0 Å². The number of benzene rings is 2. The molecule has 0 spiro atoms. The van der Waals surface area contributed by atoms with Crippen molar-refractivity contribution in [3.05, 3.63) is 64.7 Å². The van der Waals surface area contributed by atoms with Crippen LogP contribution in [-0.2, 0) is 4.84 Å². The average Bonchev–Trinajstić information content (AvgIpc) is 2.80. The Balaban J connectivity index is 1.24. The van der Waals surface area contributed by atoms with Crippen molar-refractivity contribution in [3.63, 3.8) is 0 Å². The fraction of sp³-hybridized carbons (Fsp3) is 0.391. The van der Waals surface area contributed by atoms with Crippen LogP contribution in [0.5, 0.6) is 0 Å². The lowest BCUT2D eigenvalue weighted by Crippen LogP contribution is -2.40. The Kier molecular flexibility index (Phi) is 6.70. The summed E-state index contributed by atoms with van der Waals surface area (Å²) >= 11 is 5.88. The highest BCUT2D eigenvalue weighted by Crippen LogP contribution is 2.24. The van der Waals surface area contributed by atoms with E-state index in [1.807, 2.05) is 9.80 Å². The van der Waals surface area contributed by atoms with Gasteiger partial charge in [0.15, 0.2) is 0 Å². The number of hydrogen-bond acceptors (Lipinski definition) is 4. The molecule has 2 fully saturated rings. The predicted octanol–water partition coefficient (Wildman–Crippen LogP) is 4.90. The summed E-state index contributed by atoms with van der Waals surface area (Å²) in [6.07, 6.45) is 2.70. The van der Waals surface area contributed by atoms with E-state index in [2.05, 4.69) is 5.16 Å². The molecule has 0 bridgehead atoms. The molecule has 0 unspecified atom stereocenters. The van der Waals surface area contributed by atoms with Gasteiger partial charge in [0.25, 0.3) is 5.91 Å². The van der Waals surface area contributed by atoms with E-state index in [4.69, 9.17) is 16.4 Å². The smallest absolute Gasteiger partial charge is 0.253 e. The Morgan fingerprint density at radius 3 is 2.35 bits per heavy atom. The number of piperidine rings is 2. The molecule has 2 aromatic carbocycles. The van der Waals surface area contributed by atoms with E-state index in [1.165, 1.54) is 6.07 Å². The quantitative estimate of drug-likeness (QED) is 0.626.